The summed E-state index contributed by atoms with van der Waals surface area (Å²) in [5, 5.41) is 14.7. The lowest BCUT2D eigenvalue weighted by molar-refractivity contribution is -0.145. The van der Waals surface area contributed by atoms with Crippen LogP contribution >= 0.6 is 0 Å². The molecule has 1 radical (unpaired) electrons. The fraction of sp³-hybridized carbons (Fsp3) is 0.375. The van der Waals surface area contributed by atoms with E-state index in [-0.39, 0.29) is 17.4 Å². The Labute approximate surface area is 214 Å². The third-order valence-electron chi connectivity index (χ3n) is 6.99. The highest BCUT2D eigenvalue weighted by Gasteiger charge is 2.39. The summed E-state index contributed by atoms with van der Waals surface area (Å²) in [4.78, 5) is 35.1. The monoisotopic (exact) mass is 526 g/mol. The molecule has 14 heteroatoms. The molecule has 0 aromatic carbocycles. The summed E-state index contributed by atoms with van der Waals surface area (Å²) < 4.78 is 41.2. The number of fused-ring (bicyclic) bond motifs is 1. The van der Waals surface area contributed by atoms with E-state index < -0.39 is 24.5 Å². The van der Waals surface area contributed by atoms with Crippen LogP contribution in [-0.4, -0.2) is 87.7 Å². The maximum atomic E-state index is 13.1. The lowest BCUT2D eigenvalue weighted by Gasteiger charge is -2.46. The molecule has 4 aromatic heterocycles. The van der Waals surface area contributed by atoms with Crippen molar-refractivity contribution < 1.29 is 23.1 Å². The average Bonchev–Trinajstić information content (AvgIpc) is 3.57. The van der Waals surface area contributed by atoms with Crippen molar-refractivity contribution in [3.63, 3.8) is 0 Å². The number of carbonyl (C=O) groups is 1. The van der Waals surface area contributed by atoms with Gasteiger partial charge in [0.1, 0.15) is 23.7 Å². The first-order valence-corrected chi connectivity index (χ1v) is 12.1. The Morgan fingerprint density at radius 3 is 2.68 bits per heavy atom. The SMILES string of the molecule is O=C(c1cc(CO)nc(C(F)(F)F)n1)N1CCC(N2C[C](n3cc(-c4ncnc5[nH]ccc45)cn3)C2)CC1. The van der Waals surface area contributed by atoms with Gasteiger partial charge in [0.2, 0.25) is 5.82 Å². The molecule has 0 spiro atoms. The predicted octanol–water partition coefficient (Wildman–Crippen LogP) is 2.12. The van der Waals surface area contributed by atoms with E-state index in [1.165, 1.54) is 11.2 Å². The number of aromatic nitrogens is 7. The summed E-state index contributed by atoms with van der Waals surface area (Å²) in [6.07, 6.45) is 3.67. The lowest BCUT2D eigenvalue weighted by Crippen LogP contribution is -2.56. The molecule has 6 heterocycles. The van der Waals surface area contributed by atoms with Gasteiger partial charge < -0.3 is 15.0 Å². The van der Waals surface area contributed by atoms with E-state index in [4.69, 9.17) is 0 Å². The van der Waals surface area contributed by atoms with Crippen molar-refractivity contribution in [2.75, 3.05) is 26.2 Å². The molecule has 2 aliphatic heterocycles. The van der Waals surface area contributed by atoms with E-state index in [2.05, 4.69) is 34.9 Å². The zero-order chi connectivity index (χ0) is 26.4. The first-order valence-electron chi connectivity index (χ1n) is 12.1. The molecule has 4 aromatic rings. The molecule has 2 aliphatic rings. The minimum absolute atomic E-state index is 0.242. The van der Waals surface area contributed by atoms with Crippen LogP contribution in [0.4, 0.5) is 13.2 Å². The fourth-order valence-corrected chi connectivity index (χ4v) is 4.96. The zero-order valence-corrected chi connectivity index (χ0v) is 20.1. The van der Waals surface area contributed by atoms with E-state index >= 15 is 0 Å². The second-order valence-electron chi connectivity index (χ2n) is 9.35. The Morgan fingerprint density at radius 1 is 1.16 bits per heavy atom. The number of halogens is 3. The molecule has 0 unspecified atom stereocenters. The smallest absolute Gasteiger partial charge is 0.390 e. The van der Waals surface area contributed by atoms with Gasteiger partial charge in [-0.25, -0.2) is 19.9 Å². The quantitative estimate of drug-likeness (QED) is 0.405. The van der Waals surface area contributed by atoms with Gasteiger partial charge in [0.15, 0.2) is 0 Å². The largest absolute Gasteiger partial charge is 0.451 e. The molecule has 2 fully saturated rings. The van der Waals surface area contributed by atoms with Crippen LogP contribution in [-0.2, 0) is 12.8 Å². The van der Waals surface area contributed by atoms with Gasteiger partial charge in [-0.2, -0.15) is 18.3 Å². The number of hydrogen-bond donors (Lipinski definition) is 2. The molecular formula is C24H23F3N9O2. The van der Waals surface area contributed by atoms with Crippen LogP contribution in [0.5, 0.6) is 0 Å². The number of alkyl halides is 3. The van der Waals surface area contributed by atoms with E-state index in [0.717, 1.165) is 47.5 Å². The van der Waals surface area contributed by atoms with Crippen LogP contribution in [0, 0.1) is 6.04 Å². The van der Waals surface area contributed by atoms with Gasteiger partial charge in [-0.3, -0.25) is 14.4 Å². The number of nitrogens with one attached hydrogen (secondary N) is 1. The molecule has 0 aliphatic carbocycles. The van der Waals surface area contributed by atoms with Gasteiger partial charge in [0, 0.05) is 55.6 Å². The molecule has 2 N–H and O–H groups in total. The molecule has 11 nitrogen and oxygen atoms in total. The first-order chi connectivity index (χ1) is 18.3. The van der Waals surface area contributed by atoms with Crippen molar-refractivity contribution in [2.24, 2.45) is 0 Å². The molecule has 38 heavy (non-hydrogen) atoms. The number of nitrogens with zero attached hydrogens (tertiary/aromatic N) is 8. The zero-order valence-electron chi connectivity index (χ0n) is 20.1. The third-order valence-corrected chi connectivity index (χ3v) is 6.99. The Bertz CT molecular complexity index is 1470. The summed E-state index contributed by atoms with van der Waals surface area (Å²) in [5.41, 5.74) is 1.88. The Hall–Kier alpha value is -3.91. The van der Waals surface area contributed by atoms with Crippen LogP contribution in [0.1, 0.15) is 34.8 Å². The molecule has 0 saturated carbocycles. The van der Waals surface area contributed by atoms with Gasteiger partial charge in [0.05, 0.1) is 24.2 Å². The molecule has 6 rings (SSSR count). The summed E-state index contributed by atoms with van der Waals surface area (Å²) in [6, 6.07) is 4.44. The first kappa shape index (κ1) is 24.4. The van der Waals surface area contributed by atoms with Crippen LogP contribution in [0.2, 0.25) is 0 Å². The van der Waals surface area contributed by atoms with E-state index in [1.54, 1.807) is 6.20 Å². The predicted molar refractivity (Wildman–Crippen MR) is 127 cm³/mol. The van der Waals surface area contributed by atoms with Crippen LogP contribution in [0.15, 0.2) is 37.1 Å². The average molecular weight is 527 g/mol. The molecule has 0 atom stereocenters. The normalized spacial score (nSPS) is 17.7. The van der Waals surface area contributed by atoms with Crippen LogP contribution < -0.4 is 0 Å². The Balaban J connectivity index is 1.05. The van der Waals surface area contributed by atoms with E-state index in [1.807, 2.05) is 23.1 Å². The number of aliphatic hydroxyl groups excluding tert-OH is 1. The Morgan fingerprint density at radius 2 is 1.95 bits per heavy atom. The topological polar surface area (TPSA) is 129 Å². The standard InChI is InChI=1S/C24H23F3N9O2/c25-24(26,27)23-32-15(12-37)7-19(33-23)22(38)34-5-2-16(3-6-34)35-10-17(11-35)36-9-14(8-31-36)20-18-1-4-28-21(18)30-13-29-20/h1,4,7-9,13,16,37H,2-3,5-6,10-12H2,(H,28,29,30). The highest BCUT2D eigenvalue weighted by Crippen LogP contribution is 2.31. The summed E-state index contributed by atoms with van der Waals surface area (Å²) >= 11 is 0. The number of H-pyrrole nitrogens is 1. The van der Waals surface area contributed by atoms with E-state index in [0.29, 0.717) is 25.9 Å². The summed E-state index contributed by atoms with van der Waals surface area (Å²) in [6.45, 7) is 1.57. The Kier molecular flexibility index (Phi) is 6.07. The number of piperidine rings is 1. The third kappa shape index (κ3) is 4.49. The van der Waals surface area contributed by atoms with Gasteiger partial charge >= 0.3 is 6.18 Å². The number of likely N-dealkylation sites (tertiary alicyclic amines) is 2. The summed E-state index contributed by atoms with van der Waals surface area (Å²) in [5.74, 6) is -2.02. The number of hydrogen-bond acceptors (Lipinski definition) is 8. The second kappa shape index (κ2) is 9.44. The van der Waals surface area contributed by atoms with Gasteiger partial charge in [-0.1, -0.05) is 0 Å². The molecule has 1 amide bonds. The number of rotatable bonds is 5. The van der Waals surface area contributed by atoms with Gasteiger partial charge in [-0.15, -0.1) is 0 Å². The van der Waals surface area contributed by atoms with Crippen molar-refractivity contribution in [2.45, 2.75) is 31.7 Å². The number of aromatic amines is 1. The van der Waals surface area contributed by atoms with Gasteiger partial charge in [0.25, 0.3) is 5.91 Å². The van der Waals surface area contributed by atoms with Crippen molar-refractivity contribution in [3.05, 3.63) is 60.3 Å². The number of aliphatic hydroxyl groups is 1. The summed E-state index contributed by atoms with van der Waals surface area (Å²) in [7, 11) is 0. The molecule has 197 valence electrons. The molecular weight excluding hydrogens is 503 g/mol. The van der Waals surface area contributed by atoms with Gasteiger partial charge in [-0.05, 0) is 25.0 Å². The maximum absolute atomic E-state index is 13.1. The number of amides is 1. The lowest BCUT2D eigenvalue weighted by atomic mass is 9.97. The van der Waals surface area contributed by atoms with Crippen molar-refractivity contribution >= 4 is 16.9 Å². The highest BCUT2D eigenvalue weighted by atomic mass is 19.4. The molecule has 2 saturated heterocycles. The minimum Gasteiger partial charge on any atom is -0.390 e. The van der Waals surface area contributed by atoms with Crippen LogP contribution in [0.3, 0.4) is 0 Å². The molecule has 0 bridgehead atoms. The highest BCUT2D eigenvalue weighted by molar-refractivity contribution is 5.92. The van der Waals surface area contributed by atoms with E-state index in [9.17, 15) is 23.1 Å². The van der Waals surface area contributed by atoms with Crippen LogP contribution in [0.25, 0.3) is 22.3 Å². The van der Waals surface area contributed by atoms with Crippen molar-refractivity contribution in [1.82, 2.24) is 44.5 Å². The fourth-order valence-electron chi connectivity index (χ4n) is 4.96. The van der Waals surface area contributed by atoms with Crippen molar-refractivity contribution in [1.29, 1.82) is 0 Å². The minimum atomic E-state index is -4.81. The second-order valence-corrected chi connectivity index (χ2v) is 9.35. The number of carbonyl (C=O) groups excluding carboxylic acids is 1. The van der Waals surface area contributed by atoms with Crippen molar-refractivity contribution in [3.8, 4) is 11.3 Å². The maximum Gasteiger partial charge on any atom is 0.451 e.